The zero-order valence-corrected chi connectivity index (χ0v) is 23.3. The molecule has 0 saturated heterocycles. The molecule has 2 heterocycles. The van der Waals surface area contributed by atoms with Gasteiger partial charge in [-0.3, -0.25) is 4.79 Å². The Labute approximate surface area is 224 Å². The summed E-state index contributed by atoms with van der Waals surface area (Å²) in [4.78, 5) is 26.1. The monoisotopic (exact) mass is 525 g/mol. The Balaban J connectivity index is 1.39. The average molecular weight is 526 g/mol. The summed E-state index contributed by atoms with van der Waals surface area (Å²) in [6.45, 7) is 9.81. The predicted octanol–water partition coefficient (Wildman–Crippen LogP) is 3.72. The van der Waals surface area contributed by atoms with Crippen molar-refractivity contribution >= 4 is 29.0 Å². The Bertz CT molecular complexity index is 1210. The molecule has 1 aromatic heterocycles. The van der Waals surface area contributed by atoms with Gasteiger partial charge in [0.05, 0.1) is 29.9 Å². The number of rotatable bonds is 8. The fourth-order valence-corrected chi connectivity index (χ4v) is 6.74. The Hall–Kier alpha value is -3.14. The van der Waals surface area contributed by atoms with Crippen LogP contribution in [0.2, 0.25) is 0 Å². The molecule has 1 aromatic carbocycles. The van der Waals surface area contributed by atoms with E-state index in [1.54, 1.807) is 7.05 Å². The van der Waals surface area contributed by atoms with Gasteiger partial charge in [-0.2, -0.15) is 4.98 Å². The number of aromatic nitrogens is 2. The molecule has 1 aliphatic heterocycles. The molecule has 3 saturated carbocycles. The summed E-state index contributed by atoms with van der Waals surface area (Å²) in [5, 5.41) is 9.43. The molecule has 4 aliphatic rings. The first-order chi connectivity index (χ1) is 18.0. The normalized spacial score (nSPS) is 27.2. The molecule has 6 rings (SSSR count). The molecule has 2 bridgehead atoms. The second-order valence-electron chi connectivity index (χ2n) is 12.0. The van der Waals surface area contributed by atoms with E-state index < -0.39 is 11.4 Å². The minimum absolute atomic E-state index is 0.0203. The third kappa shape index (κ3) is 4.63. The van der Waals surface area contributed by atoms with Crippen molar-refractivity contribution in [2.24, 2.45) is 23.2 Å². The zero-order chi connectivity index (χ0) is 27.2. The number of carbonyl (C=O) groups excluding carboxylic acids is 1. The molecule has 0 unspecified atom stereocenters. The number of nitrogens with one attached hydrogen (secondary N) is 3. The molecule has 4 atom stereocenters. The number of nitrogens with zero attached hydrogens (tertiary/aromatic N) is 4. The molecular formula is C28H40FN7O2. The smallest absolute Gasteiger partial charge is 0.229 e. The van der Waals surface area contributed by atoms with Gasteiger partial charge in [0.25, 0.3) is 0 Å². The van der Waals surface area contributed by atoms with Gasteiger partial charge >= 0.3 is 0 Å². The quantitative estimate of drug-likeness (QED) is 0.480. The number of anilines is 4. The van der Waals surface area contributed by atoms with Crippen molar-refractivity contribution in [1.29, 1.82) is 0 Å². The van der Waals surface area contributed by atoms with Crippen LogP contribution in [0.4, 0.5) is 27.5 Å². The van der Waals surface area contributed by atoms with Crippen LogP contribution < -0.4 is 25.6 Å². The Morgan fingerprint density at radius 2 is 2.05 bits per heavy atom. The number of likely N-dealkylation sites (N-methyl/N-ethyl adjacent to an activating group) is 1. The highest BCUT2D eigenvalue weighted by Gasteiger charge is 2.64. The molecule has 0 spiro atoms. The lowest BCUT2D eigenvalue weighted by Gasteiger charge is -2.66. The van der Waals surface area contributed by atoms with E-state index in [0.717, 1.165) is 49.6 Å². The first kappa shape index (κ1) is 26.5. The molecule has 9 nitrogen and oxygen atoms in total. The Morgan fingerprint density at radius 1 is 1.26 bits per heavy atom. The van der Waals surface area contributed by atoms with Crippen molar-refractivity contribution in [2.45, 2.75) is 39.2 Å². The summed E-state index contributed by atoms with van der Waals surface area (Å²) in [5.41, 5.74) is 1.23. The fourth-order valence-electron chi connectivity index (χ4n) is 6.74. The topological polar surface area (TPSA) is 94.6 Å². The maximum Gasteiger partial charge on any atom is 0.229 e. The summed E-state index contributed by atoms with van der Waals surface area (Å²) in [6.07, 6.45) is 2.97. The number of halogens is 1. The van der Waals surface area contributed by atoms with E-state index in [2.05, 4.69) is 63.7 Å². The largest absolute Gasteiger partial charge is 0.490 e. The minimum atomic E-state index is -0.638. The average Bonchev–Trinajstić information content (AvgIpc) is 2.88. The highest BCUT2D eigenvalue weighted by Crippen LogP contribution is 2.65. The van der Waals surface area contributed by atoms with Crippen LogP contribution in [0.5, 0.6) is 5.75 Å². The Morgan fingerprint density at radius 3 is 2.76 bits per heavy atom. The highest BCUT2D eigenvalue weighted by atomic mass is 19.1. The fraction of sp³-hybridized carbons (Fsp3) is 0.607. The van der Waals surface area contributed by atoms with Crippen molar-refractivity contribution in [2.75, 3.05) is 62.9 Å². The van der Waals surface area contributed by atoms with Crippen LogP contribution in [0.3, 0.4) is 0 Å². The van der Waals surface area contributed by atoms with Gasteiger partial charge in [-0.05, 0) is 69.3 Å². The van der Waals surface area contributed by atoms with E-state index in [9.17, 15) is 4.79 Å². The third-order valence-corrected chi connectivity index (χ3v) is 9.12. The summed E-state index contributed by atoms with van der Waals surface area (Å²) in [5.74, 6) is 1.10. The standard InChI is InChI=1S/C28H40FN7O2/c1-27(2)17-13-19(25(37)30-4)28(3,23(27)14-17)34-24-20(29)16-31-26(33-24)32-18-7-8-22-21(15-18)36(11-12-38-22)10-9-35(5)6/h7-8,15-17,19,23H,9-14H2,1-6H3,(H,30,37)(H2,31,32,33,34)/t17-,19+,23+,28-/m0/s1. The van der Waals surface area contributed by atoms with Crippen LogP contribution in [0.25, 0.3) is 0 Å². The number of benzene rings is 1. The van der Waals surface area contributed by atoms with Crippen LogP contribution in [-0.4, -0.2) is 73.7 Å². The molecule has 1 amide bonds. The molecule has 10 heteroatoms. The predicted molar refractivity (Wildman–Crippen MR) is 148 cm³/mol. The second kappa shape index (κ2) is 9.87. The lowest BCUT2D eigenvalue weighted by Crippen LogP contribution is -2.69. The number of hydrogen-bond acceptors (Lipinski definition) is 8. The maximum absolute atomic E-state index is 15.1. The van der Waals surface area contributed by atoms with Crippen LogP contribution in [0, 0.1) is 29.0 Å². The van der Waals surface area contributed by atoms with Crippen LogP contribution >= 0.6 is 0 Å². The molecule has 3 aliphatic carbocycles. The van der Waals surface area contributed by atoms with Crippen molar-refractivity contribution in [1.82, 2.24) is 20.2 Å². The molecule has 38 heavy (non-hydrogen) atoms. The van der Waals surface area contributed by atoms with Gasteiger partial charge in [-0.25, -0.2) is 9.37 Å². The Kier molecular flexibility index (Phi) is 6.87. The molecule has 206 valence electrons. The second-order valence-corrected chi connectivity index (χ2v) is 12.0. The first-order valence-corrected chi connectivity index (χ1v) is 13.5. The van der Waals surface area contributed by atoms with E-state index >= 15 is 4.39 Å². The van der Waals surface area contributed by atoms with Gasteiger partial charge in [-0.1, -0.05) is 13.8 Å². The van der Waals surface area contributed by atoms with Gasteiger partial charge in [0.2, 0.25) is 11.9 Å². The van der Waals surface area contributed by atoms with Crippen molar-refractivity contribution < 1.29 is 13.9 Å². The number of hydrogen-bond donors (Lipinski definition) is 3. The number of ether oxygens (including phenoxy) is 1. The summed E-state index contributed by atoms with van der Waals surface area (Å²) < 4.78 is 20.9. The number of fused-ring (bicyclic) bond motifs is 3. The third-order valence-electron chi connectivity index (χ3n) is 9.12. The summed E-state index contributed by atoms with van der Waals surface area (Å²) in [6, 6.07) is 5.87. The van der Waals surface area contributed by atoms with Crippen LogP contribution in [-0.2, 0) is 4.79 Å². The van der Waals surface area contributed by atoms with E-state index in [1.165, 1.54) is 6.20 Å². The molecule has 2 aromatic rings. The minimum Gasteiger partial charge on any atom is -0.490 e. The molecule has 3 N–H and O–H groups in total. The number of amides is 1. The van der Waals surface area contributed by atoms with Gasteiger partial charge < -0.3 is 30.5 Å². The zero-order valence-electron chi connectivity index (χ0n) is 23.3. The molecular weight excluding hydrogens is 485 g/mol. The first-order valence-electron chi connectivity index (χ1n) is 13.5. The number of carbonyl (C=O) groups is 1. The summed E-state index contributed by atoms with van der Waals surface area (Å²) in [7, 11) is 5.78. The van der Waals surface area contributed by atoms with Gasteiger partial charge in [0.1, 0.15) is 12.4 Å². The van der Waals surface area contributed by atoms with E-state index in [0.29, 0.717) is 12.5 Å². The SMILES string of the molecule is CNC(=O)[C@H]1C[C@H]2C[C@H](C2(C)C)[C@@]1(C)Nc1nc(Nc2ccc3c(c2)N(CCN(C)C)CCO3)ncc1F. The lowest BCUT2D eigenvalue weighted by molar-refractivity contribution is -0.155. The summed E-state index contributed by atoms with van der Waals surface area (Å²) >= 11 is 0. The van der Waals surface area contributed by atoms with Gasteiger partial charge in [0, 0.05) is 25.8 Å². The van der Waals surface area contributed by atoms with Gasteiger partial charge in [-0.15, -0.1) is 0 Å². The van der Waals surface area contributed by atoms with E-state index in [1.807, 2.05) is 25.1 Å². The van der Waals surface area contributed by atoms with E-state index in [4.69, 9.17) is 4.74 Å². The molecule has 0 radical (unpaired) electrons. The van der Waals surface area contributed by atoms with E-state index in [-0.39, 0.29) is 34.9 Å². The van der Waals surface area contributed by atoms with Crippen LogP contribution in [0.15, 0.2) is 24.4 Å². The van der Waals surface area contributed by atoms with Crippen molar-refractivity contribution in [3.8, 4) is 5.75 Å². The maximum atomic E-state index is 15.1. The lowest BCUT2D eigenvalue weighted by atomic mass is 9.40. The van der Waals surface area contributed by atoms with Crippen molar-refractivity contribution in [3.63, 3.8) is 0 Å². The highest BCUT2D eigenvalue weighted by molar-refractivity contribution is 5.81. The molecule has 3 fully saturated rings. The van der Waals surface area contributed by atoms with Crippen LogP contribution in [0.1, 0.15) is 33.6 Å². The van der Waals surface area contributed by atoms with Crippen molar-refractivity contribution in [3.05, 3.63) is 30.2 Å². The van der Waals surface area contributed by atoms with Gasteiger partial charge in [0.15, 0.2) is 11.6 Å².